The van der Waals surface area contributed by atoms with Crippen LogP contribution < -0.4 is 0 Å². The molecule has 30 heavy (non-hydrogen) atoms. The normalized spacial score (nSPS) is 12.6. The van der Waals surface area contributed by atoms with Gasteiger partial charge < -0.3 is 4.74 Å². The van der Waals surface area contributed by atoms with Crippen molar-refractivity contribution in [2.24, 2.45) is 5.92 Å². The number of hydrogen-bond acceptors (Lipinski definition) is 5. The number of unbranched alkanes of at least 4 members (excludes halogenated alkanes) is 3. The number of carbonyl (C=O) groups is 1. The average molecular weight is 404 g/mol. The van der Waals surface area contributed by atoms with Gasteiger partial charge in [-0.3, -0.25) is 9.97 Å². The van der Waals surface area contributed by atoms with Gasteiger partial charge in [-0.2, -0.15) is 5.26 Å². The molecule has 5 nitrogen and oxygen atoms in total. The van der Waals surface area contributed by atoms with Gasteiger partial charge in [0.15, 0.2) is 0 Å². The van der Waals surface area contributed by atoms with Gasteiger partial charge in [-0.1, -0.05) is 64.5 Å². The molecule has 0 saturated carbocycles. The molecule has 2 aromatic rings. The third kappa shape index (κ3) is 4.76. The van der Waals surface area contributed by atoms with Crippen LogP contribution in [0.15, 0.2) is 42.2 Å². The number of rotatable bonds is 10. The summed E-state index contributed by atoms with van der Waals surface area (Å²) in [7, 11) is 0. The summed E-state index contributed by atoms with van der Waals surface area (Å²) in [5.74, 6) is -0.0194. The fraction of sp³-hybridized carbons (Fsp3) is 0.440. The Morgan fingerprint density at radius 3 is 2.27 bits per heavy atom. The first kappa shape index (κ1) is 21.7. The molecule has 3 rings (SSSR count). The Kier molecular flexibility index (Phi) is 7.73. The average Bonchev–Trinajstić information content (AvgIpc) is 3.11. The lowest BCUT2D eigenvalue weighted by molar-refractivity contribution is -0.138. The molecule has 0 saturated heterocycles. The van der Waals surface area contributed by atoms with Crippen molar-refractivity contribution >= 4 is 11.5 Å². The van der Waals surface area contributed by atoms with Crippen molar-refractivity contribution in [2.45, 2.75) is 58.8 Å². The van der Waals surface area contributed by atoms with E-state index in [0.29, 0.717) is 29.5 Å². The Labute approximate surface area is 178 Å². The SMILES string of the molecule is CCCCCCC(CC)CCOC(=O)C(C#N)=C1c2cccnc2-c2ncccc21. The second-order valence-corrected chi connectivity index (χ2v) is 7.71. The van der Waals surface area contributed by atoms with Crippen LogP contribution in [0.2, 0.25) is 0 Å². The van der Waals surface area contributed by atoms with E-state index in [9.17, 15) is 10.1 Å². The van der Waals surface area contributed by atoms with Gasteiger partial charge in [0, 0.05) is 29.1 Å². The highest BCUT2D eigenvalue weighted by atomic mass is 16.5. The number of nitriles is 1. The van der Waals surface area contributed by atoms with Crippen LogP contribution in [0.4, 0.5) is 0 Å². The van der Waals surface area contributed by atoms with E-state index in [1.54, 1.807) is 24.5 Å². The van der Waals surface area contributed by atoms with Crippen LogP contribution in [-0.4, -0.2) is 22.5 Å². The fourth-order valence-electron chi connectivity index (χ4n) is 4.01. The van der Waals surface area contributed by atoms with Crippen LogP contribution in [0, 0.1) is 17.2 Å². The molecule has 0 aromatic carbocycles. The molecule has 0 N–H and O–H groups in total. The third-order valence-electron chi connectivity index (χ3n) is 5.75. The molecule has 1 aliphatic rings. The summed E-state index contributed by atoms with van der Waals surface area (Å²) in [5, 5.41) is 9.78. The predicted octanol–water partition coefficient (Wildman–Crippen LogP) is 5.71. The summed E-state index contributed by atoms with van der Waals surface area (Å²) in [6, 6.07) is 9.41. The summed E-state index contributed by atoms with van der Waals surface area (Å²) in [4.78, 5) is 21.6. The summed E-state index contributed by atoms with van der Waals surface area (Å²) < 4.78 is 5.54. The maximum absolute atomic E-state index is 12.8. The minimum absolute atomic E-state index is 0.0204. The van der Waals surface area contributed by atoms with Crippen LogP contribution in [-0.2, 0) is 9.53 Å². The lowest BCUT2D eigenvalue weighted by Gasteiger charge is -2.15. The molecule has 0 spiro atoms. The highest BCUT2D eigenvalue weighted by Gasteiger charge is 2.31. The van der Waals surface area contributed by atoms with E-state index in [1.807, 2.05) is 12.1 Å². The maximum Gasteiger partial charge on any atom is 0.349 e. The Hall–Kier alpha value is -3.00. The Bertz CT molecular complexity index is 911. The van der Waals surface area contributed by atoms with Gasteiger partial charge in [0.25, 0.3) is 0 Å². The minimum Gasteiger partial charge on any atom is -0.462 e. The molecule has 1 atom stereocenters. The zero-order valence-electron chi connectivity index (χ0n) is 17.9. The lowest BCUT2D eigenvalue weighted by Crippen LogP contribution is -2.12. The number of fused-ring (bicyclic) bond motifs is 3. The molecular formula is C25H29N3O2. The number of pyridine rings is 2. The number of hydrogen-bond donors (Lipinski definition) is 0. The van der Waals surface area contributed by atoms with Crippen LogP contribution >= 0.6 is 0 Å². The molecule has 0 aliphatic heterocycles. The van der Waals surface area contributed by atoms with E-state index < -0.39 is 5.97 Å². The summed E-state index contributed by atoms with van der Waals surface area (Å²) >= 11 is 0. The standard InChI is InChI=1S/C25H29N3O2/c1-3-5-6-7-10-18(4-2)13-16-30-25(29)21(17-26)22-19-11-8-14-27-23(19)24-20(22)12-9-15-28-24/h8-9,11-12,14-15,18H,3-7,10,13,16H2,1-2H3. The summed E-state index contributed by atoms with van der Waals surface area (Å²) in [6.45, 7) is 4.73. The Morgan fingerprint density at radius 2 is 1.70 bits per heavy atom. The van der Waals surface area contributed by atoms with Crippen molar-refractivity contribution in [2.75, 3.05) is 6.61 Å². The van der Waals surface area contributed by atoms with Crippen LogP contribution in [0.5, 0.6) is 0 Å². The van der Waals surface area contributed by atoms with Crippen molar-refractivity contribution < 1.29 is 9.53 Å². The number of esters is 1. The Morgan fingerprint density at radius 1 is 1.03 bits per heavy atom. The van der Waals surface area contributed by atoms with Gasteiger partial charge in [-0.25, -0.2) is 4.79 Å². The summed E-state index contributed by atoms with van der Waals surface area (Å²) in [6.07, 6.45) is 11.4. The van der Waals surface area contributed by atoms with Crippen molar-refractivity contribution in [3.8, 4) is 17.5 Å². The second kappa shape index (κ2) is 10.7. The van der Waals surface area contributed by atoms with Gasteiger partial charge in [0.2, 0.25) is 0 Å². The molecule has 1 unspecified atom stereocenters. The topological polar surface area (TPSA) is 75.9 Å². The molecule has 0 bridgehead atoms. The van der Waals surface area contributed by atoms with E-state index >= 15 is 0 Å². The maximum atomic E-state index is 12.8. The molecule has 156 valence electrons. The van der Waals surface area contributed by atoms with Gasteiger partial charge in [0.1, 0.15) is 11.6 Å². The monoisotopic (exact) mass is 403 g/mol. The van der Waals surface area contributed by atoms with E-state index in [-0.39, 0.29) is 5.57 Å². The Balaban J connectivity index is 1.72. The minimum atomic E-state index is -0.570. The largest absolute Gasteiger partial charge is 0.462 e. The van der Waals surface area contributed by atoms with Crippen molar-refractivity contribution in [3.05, 3.63) is 53.4 Å². The zero-order valence-corrected chi connectivity index (χ0v) is 17.9. The first-order chi connectivity index (χ1) is 14.7. The van der Waals surface area contributed by atoms with Gasteiger partial charge in [0.05, 0.1) is 18.0 Å². The quantitative estimate of drug-likeness (QED) is 0.187. The molecule has 1 aliphatic carbocycles. The second-order valence-electron chi connectivity index (χ2n) is 7.71. The highest BCUT2D eigenvalue weighted by Crippen LogP contribution is 2.43. The predicted molar refractivity (Wildman–Crippen MR) is 117 cm³/mol. The molecule has 2 heterocycles. The van der Waals surface area contributed by atoms with Gasteiger partial charge in [-0.05, 0) is 24.5 Å². The summed E-state index contributed by atoms with van der Waals surface area (Å²) in [5.41, 5.74) is 3.49. The fourth-order valence-corrected chi connectivity index (χ4v) is 4.01. The van der Waals surface area contributed by atoms with Crippen LogP contribution in [0.3, 0.4) is 0 Å². The van der Waals surface area contributed by atoms with Crippen molar-refractivity contribution in [1.82, 2.24) is 9.97 Å². The van der Waals surface area contributed by atoms with E-state index in [4.69, 9.17) is 4.74 Å². The van der Waals surface area contributed by atoms with Crippen LogP contribution in [0.25, 0.3) is 17.0 Å². The van der Waals surface area contributed by atoms with E-state index in [1.165, 1.54) is 32.1 Å². The molecule has 0 amide bonds. The molecule has 5 heteroatoms. The lowest BCUT2D eigenvalue weighted by atomic mass is 9.95. The molecule has 0 fully saturated rings. The zero-order chi connectivity index (χ0) is 21.3. The van der Waals surface area contributed by atoms with E-state index in [0.717, 1.165) is 24.0 Å². The number of aromatic nitrogens is 2. The number of ether oxygens (including phenoxy) is 1. The first-order valence-corrected chi connectivity index (χ1v) is 10.9. The first-order valence-electron chi connectivity index (χ1n) is 10.9. The number of nitrogens with zero attached hydrogens (tertiary/aromatic N) is 3. The third-order valence-corrected chi connectivity index (χ3v) is 5.75. The molecule has 2 aromatic heterocycles. The van der Waals surface area contributed by atoms with Crippen molar-refractivity contribution in [3.63, 3.8) is 0 Å². The van der Waals surface area contributed by atoms with Crippen LogP contribution in [0.1, 0.15) is 69.9 Å². The molecule has 0 radical (unpaired) electrons. The molecular weight excluding hydrogens is 374 g/mol. The van der Waals surface area contributed by atoms with E-state index in [2.05, 4.69) is 29.9 Å². The smallest absolute Gasteiger partial charge is 0.349 e. The van der Waals surface area contributed by atoms with Gasteiger partial charge >= 0.3 is 5.97 Å². The number of carbonyl (C=O) groups excluding carboxylic acids is 1. The van der Waals surface area contributed by atoms with Gasteiger partial charge in [-0.15, -0.1) is 0 Å². The highest BCUT2D eigenvalue weighted by molar-refractivity contribution is 6.11. The van der Waals surface area contributed by atoms with Crippen molar-refractivity contribution in [1.29, 1.82) is 5.26 Å².